The number of hydrogen-bond acceptors (Lipinski definition) is 6. The van der Waals surface area contributed by atoms with Crippen LogP contribution in [-0.4, -0.2) is 22.0 Å². The fourth-order valence-corrected chi connectivity index (χ4v) is 4.67. The van der Waals surface area contributed by atoms with Crippen LogP contribution in [0.15, 0.2) is 41.8 Å². The molecule has 158 valence electrons. The first-order valence-corrected chi connectivity index (χ1v) is 11.6. The summed E-state index contributed by atoms with van der Waals surface area (Å²) in [6.07, 6.45) is 1.70. The van der Waals surface area contributed by atoms with Crippen LogP contribution in [0.4, 0.5) is 5.69 Å². The van der Waals surface area contributed by atoms with Crippen LogP contribution in [0.5, 0.6) is 0 Å². The van der Waals surface area contributed by atoms with Gasteiger partial charge in [0.05, 0.1) is 6.04 Å². The van der Waals surface area contributed by atoms with E-state index in [1.807, 2.05) is 42.6 Å². The highest BCUT2D eigenvalue weighted by atomic mass is 32.1. The summed E-state index contributed by atoms with van der Waals surface area (Å²) in [5.74, 6) is 0.0883. The molecule has 1 atom stereocenters. The third-order valence-electron chi connectivity index (χ3n) is 4.60. The van der Waals surface area contributed by atoms with Crippen LogP contribution in [0.1, 0.15) is 58.0 Å². The van der Waals surface area contributed by atoms with Gasteiger partial charge in [0.25, 0.3) is 5.91 Å². The normalized spacial score (nSPS) is 12.0. The quantitative estimate of drug-likeness (QED) is 0.489. The number of carbonyl (C=O) groups excluding carboxylic acids is 2. The Hall–Kier alpha value is -2.58. The summed E-state index contributed by atoms with van der Waals surface area (Å²) in [6.45, 7) is 6.21. The maximum Gasteiger partial charge on any atom is 0.286 e. The lowest BCUT2D eigenvalue weighted by Gasteiger charge is -2.21. The van der Waals surface area contributed by atoms with Crippen molar-refractivity contribution in [1.82, 2.24) is 15.5 Å². The van der Waals surface area contributed by atoms with E-state index in [1.165, 1.54) is 16.2 Å². The van der Waals surface area contributed by atoms with Crippen LogP contribution in [0.2, 0.25) is 0 Å². The number of rotatable bonds is 9. The van der Waals surface area contributed by atoms with Gasteiger partial charge in [0, 0.05) is 23.4 Å². The lowest BCUT2D eigenvalue weighted by Crippen LogP contribution is -2.31. The van der Waals surface area contributed by atoms with Crippen molar-refractivity contribution in [3.05, 3.63) is 62.2 Å². The number of carbonyl (C=O) groups is 2. The van der Waals surface area contributed by atoms with Crippen molar-refractivity contribution in [3.8, 4) is 0 Å². The number of thiophene rings is 1. The summed E-state index contributed by atoms with van der Waals surface area (Å²) in [5.41, 5.74) is 1.86. The summed E-state index contributed by atoms with van der Waals surface area (Å²) in [6, 6.07) is 11.7. The number of nitrogens with zero attached hydrogens (tertiary/aromatic N) is 2. The predicted octanol–water partition coefficient (Wildman–Crippen LogP) is 5.00. The van der Waals surface area contributed by atoms with Crippen LogP contribution in [0.25, 0.3) is 0 Å². The van der Waals surface area contributed by atoms with Crippen molar-refractivity contribution in [3.63, 3.8) is 0 Å². The highest BCUT2D eigenvalue weighted by molar-refractivity contribution is 7.13. The predicted molar refractivity (Wildman–Crippen MR) is 122 cm³/mol. The molecule has 0 fully saturated rings. The highest BCUT2D eigenvalue weighted by Crippen LogP contribution is 2.26. The van der Waals surface area contributed by atoms with Gasteiger partial charge >= 0.3 is 0 Å². The zero-order valence-corrected chi connectivity index (χ0v) is 19.0. The second-order valence-corrected chi connectivity index (χ2v) is 9.52. The molecule has 0 aliphatic rings. The summed E-state index contributed by atoms with van der Waals surface area (Å²) in [7, 11) is 0. The molecule has 2 aromatic heterocycles. The maximum atomic E-state index is 12.4. The second kappa shape index (κ2) is 10.4. The number of amides is 2. The minimum Gasteiger partial charge on any atom is -0.348 e. The maximum absolute atomic E-state index is 12.4. The third kappa shape index (κ3) is 6.21. The summed E-state index contributed by atoms with van der Waals surface area (Å²) in [4.78, 5) is 25.9. The van der Waals surface area contributed by atoms with Crippen LogP contribution in [0, 0.1) is 12.8 Å². The van der Waals surface area contributed by atoms with E-state index in [4.69, 9.17) is 0 Å². The van der Waals surface area contributed by atoms with Gasteiger partial charge in [0.1, 0.15) is 5.01 Å². The topological polar surface area (TPSA) is 84.0 Å². The molecule has 2 N–H and O–H groups in total. The lowest BCUT2D eigenvalue weighted by atomic mass is 10.0. The molecule has 0 aliphatic heterocycles. The fourth-order valence-electron chi connectivity index (χ4n) is 2.95. The molecule has 3 rings (SSSR count). The van der Waals surface area contributed by atoms with Crippen molar-refractivity contribution >= 4 is 40.2 Å². The molecule has 8 heteroatoms. The van der Waals surface area contributed by atoms with Crippen LogP contribution in [-0.2, 0) is 11.2 Å². The van der Waals surface area contributed by atoms with Gasteiger partial charge in [-0.05, 0) is 42.8 Å². The van der Waals surface area contributed by atoms with Crippen LogP contribution < -0.4 is 10.6 Å². The molecule has 0 radical (unpaired) electrons. The number of anilines is 1. The summed E-state index contributed by atoms with van der Waals surface area (Å²) < 4.78 is 0. The Balaban J connectivity index is 1.46. The standard InChI is InChI=1S/C22H26N4O2S2/c1-14(2)20(17-6-5-13-29-17)24-18(27)7-4-8-19-25-26-22(30-19)21(28)23-16-11-9-15(3)10-12-16/h5-6,9-14,20H,4,7-8H2,1-3H3,(H,23,28)(H,24,27)/t20-/m1/s1. The Morgan fingerprint density at radius 3 is 2.53 bits per heavy atom. The largest absolute Gasteiger partial charge is 0.348 e. The van der Waals surface area contributed by atoms with Gasteiger partial charge in [-0.15, -0.1) is 21.5 Å². The van der Waals surface area contributed by atoms with Gasteiger partial charge in [-0.2, -0.15) is 0 Å². The molecule has 2 amide bonds. The fraction of sp³-hybridized carbons (Fsp3) is 0.364. The zero-order chi connectivity index (χ0) is 21.5. The molecule has 30 heavy (non-hydrogen) atoms. The van der Waals surface area contributed by atoms with Gasteiger partial charge in [-0.3, -0.25) is 9.59 Å². The van der Waals surface area contributed by atoms with Gasteiger partial charge in [-0.1, -0.05) is 48.9 Å². The molecule has 0 aliphatic carbocycles. The van der Waals surface area contributed by atoms with Gasteiger partial charge in [0.2, 0.25) is 10.9 Å². The molecule has 0 spiro atoms. The average molecular weight is 443 g/mol. The van der Waals surface area contributed by atoms with E-state index in [2.05, 4.69) is 40.7 Å². The number of benzene rings is 1. The SMILES string of the molecule is Cc1ccc(NC(=O)c2nnc(CCCC(=O)N[C@@H](c3cccs3)C(C)C)s2)cc1. The van der Waals surface area contributed by atoms with Gasteiger partial charge in [0.15, 0.2) is 0 Å². The van der Waals surface area contributed by atoms with E-state index in [0.29, 0.717) is 30.2 Å². The molecule has 0 bridgehead atoms. The zero-order valence-electron chi connectivity index (χ0n) is 17.3. The number of aryl methyl sites for hydroxylation is 2. The minimum absolute atomic E-state index is 0.0314. The molecule has 3 aromatic rings. The highest BCUT2D eigenvalue weighted by Gasteiger charge is 2.19. The van der Waals surface area contributed by atoms with Crippen molar-refractivity contribution < 1.29 is 9.59 Å². The van der Waals surface area contributed by atoms with E-state index in [1.54, 1.807) is 11.3 Å². The molecule has 6 nitrogen and oxygen atoms in total. The molecular formula is C22H26N4O2S2. The Kier molecular flexibility index (Phi) is 7.70. The van der Waals surface area contributed by atoms with E-state index in [-0.39, 0.29) is 17.9 Å². The number of aromatic nitrogens is 2. The Bertz CT molecular complexity index is 965. The minimum atomic E-state index is -0.268. The molecule has 0 saturated heterocycles. The van der Waals surface area contributed by atoms with Crippen molar-refractivity contribution in [2.75, 3.05) is 5.32 Å². The molecule has 0 saturated carbocycles. The second-order valence-electron chi connectivity index (χ2n) is 7.48. The van der Waals surface area contributed by atoms with Crippen molar-refractivity contribution in [2.45, 2.75) is 46.1 Å². The average Bonchev–Trinajstić information content (AvgIpc) is 3.40. The Morgan fingerprint density at radius 1 is 1.10 bits per heavy atom. The smallest absolute Gasteiger partial charge is 0.286 e. The molecule has 2 heterocycles. The monoisotopic (exact) mass is 442 g/mol. The molecular weight excluding hydrogens is 416 g/mol. The number of hydrogen-bond donors (Lipinski definition) is 2. The molecule has 1 aromatic carbocycles. The first-order chi connectivity index (χ1) is 14.4. The van der Waals surface area contributed by atoms with E-state index < -0.39 is 0 Å². The van der Waals surface area contributed by atoms with Crippen LogP contribution in [0.3, 0.4) is 0 Å². The van der Waals surface area contributed by atoms with Gasteiger partial charge < -0.3 is 10.6 Å². The van der Waals surface area contributed by atoms with E-state index in [0.717, 1.165) is 16.3 Å². The van der Waals surface area contributed by atoms with Crippen molar-refractivity contribution in [1.29, 1.82) is 0 Å². The number of nitrogens with one attached hydrogen (secondary N) is 2. The van der Waals surface area contributed by atoms with Crippen LogP contribution >= 0.6 is 22.7 Å². The van der Waals surface area contributed by atoms with Crippen molar-refractivity contribution in [2.24, 2.45) is 5.92 Å². The Labute approximate surface area is 184 Å². The first kappa shape index (κ1) is 22.1. The summed E-state index contributed by atoms with van der Waals surface area (Å²) in [5, 5.41) is 17.2. The van der Waals surface area contributed by atoms with E-state index in [9.17, 15) is 9.59 Å². The molecule has 0 unspecified atom stereocenters. The Morgan fingerprint density at radius 2 is 1.87 bits per heavy atom. The first-order valence-electron chi connectivity index (χ1n) is 9.95. The van der Waals surface area contributed by atoms with E-state index >= 15 is 0 Å². The lowest BCUT2D eigenvalue weighted by molar-refractivity contribution is -0.122. The summed E-state index contributed by atoms with van der Waals surface area (Å²) >= 11 is 2.93. The third-order valence-corrected chi connectivity index (χ3v) is 6.54. The van der Waals surface area contributed by atoms with Gasteiger partial charge in [-0.25, -0.2) is 0 Å².